The van der Waals surface area contributed by atoms with Crippen LogP contribution >= 0.6 is 24.2 Å². The molecule has 2 heterocycles. The minimum Gasteiger partial charge on any atom is -0.311 e. The van der Waals surface area contributed by atoms with Crippen molar-refractivity contribution >= 4 is 56.8 Å². The molecule has 0 aliphatic carbocycles. The summed E-state index contributed by atoms with van der Waals surface area (Å²) in [5.74, 6) is -0.133. The van der Waals surface area contributed by atoms with Gasteiger partial charge in [0.05, 0.1) is 11.6 Å². The van der Waals surface area contributed by atoms with Gasteiger partial charge in [0.1, 0.15) is 4.58 Å². The molecular weight excluding hydrogens is 494 g/mol. The topological polar surface area (TPSA) is 88.5 Å². The molecule has 1 saturated heterocycles. The lowest BCUT2D eigenvalue weighted by atomic mass is 9.90. The van der Waals surface area contributed by atoms with Crippen LogP contribution in [0.25, 0.3) is 10.9 Å². The van der Waals surface area contributed by atoms with Crippen LogP contribution in [0.1, 0.15) is 36.9 Å². The van der Waals surface area contributed by atoms with Crippen molar-refractivity contribution in [2.45, 2.75) is 43.4 Å². The number of amides is 1. The van der Waals surface area contributed by atoms with E-state index in [0.29, 0.717) is 22.6 Å². The lowest BCUT2D eigenvalue weighted by Crippen LogP contribution is -2.53. The Hall–Kier alpha value is -2.33. The third kappa shape index (κ3) is 4.62. The van der Waals surface area contributed by atoms with Crippen LogP contribution < -0.4 is 15.2 Å². The molecule has 4 rings (SSSR count). The Labute approximate surface area is 209 Å². The molecule has 0 saturated carbocycles. The van der Waals surface area contributed by atoms with E-state index >= 15 is 0 Å². The molecule has 1 amide bonds. The fourth-order valence-electron chi connectivity index (χ4n) is 4.43. The van der Waals surface area contributed by atoms with Crippen molar-refractivity contribution in [2.75, 3.05) is 4.90 Å². The Morgan fingerprint density at radius 1 is 1.12 bits per heavy atom. The number of anilines is 1. The number of hydrogen-bond acceptors (Lipinski definition) is 5. The lowest BCUT2D eigenvalue weighted by Gasteiger charge is -2.42. The predicted octanol–water partition coefficient (Wildman–Crippen LogP) is 3.93. The largest absolute Gasteiger partial charge is 0.311 e. The molecule has 180 valence electrons. The van der Waals surface area contributed by atoms with E-state index < -0.39 is 26.7 Å². The number of fused-ring (bicyclic) bond motifs is 1. The fraction of sp³-hybridized carbons (Fsp3) is 0.333. The highest BCUT2D eigenvalue weighted by molar-refractivity contribution is 8.03. The van der Waals surface area contributed by atoms with Crippen LogP contribution in [-0.4, -0.2) is 29.5 Å². The van der Waals surface area contributed by atoms with Gasteiger partial charge in [-0.2, -0.15) is 12.6 Å². The molecule has 1 unspecified atom stereocenters. The highest BCUT2D eigenvalue weighted by atomic mass is 35.5. The molecular formula is C24H26ClN3O4S2. The van der Waals surface area contributed by atoms with E-state index in [4.69, 9.17) is 11.6 Å². The zero-order valence-electron chi connectivity index (χ0n) is 19.0. The van der Waals surface area contributed by atoms with Crippen LogP contribution in [-0.2, 0) is 21.9 Å². The zero-order valence-corrected chi connectivity index (χ0v) is 21.5. The van der Waals surface area contributed by atoms with Gasteiger partial charge in [-0.1, -0.05) is 29.8 Å². The van der Waals surface area contributed by atoms with Gasteiger partial charge in [-0.3, -0.25) is 9.59 Å². The van der Waals surface area contributed by atoms with Crippen molar-refractivity contribution in [2.24, 2.45) is 7.05 Å². The maximum absolute atomic E-state index is 13.3. The standard InChI is InChI=1S/C24H26ClN3O4S2/c1-14-12-23(30)27(3)21-13-18(8-9-19(14)21)28-22(29)11-10-20(26-34(31,32)15(2)33)24(28)16-4-6-17(25)7-5-16/h4-9,12-13,15,20,24,26,33H,10-11H2,1-3H3/t15?,20-,24+/m0/s1. The number of halogens is 1. The zero-order chi connectivity index (χ0) is 24.8. The molecule has 1 fully saturated rings. The average Bonchev–Trinajstić information content (AvgIpc) is 2.78. The molecule has 1 aromatic heterocycles. The molecule has 10 heteroatoms. The normalized spacial score (nSPS) is 20.0. The van der Waals surface area contributed by atoms with Gasteiger partial charge in [0.2, 0.25) is 15.9 Å². The van der Waals surface area contributed by atoms with E-state index in [0.717, 1.165) is 16.5 Å². The van der Waals surface area contributed by atoms with Crippen LogP contribution in [0.2, 0.25) is 5.02 Å². The van der Waals surface area contributed by atoms with Gasteiger partial charge in [0.25, 0.3) is 5.56 Å². The number of piperidine rings is 1. The number of hydrogen-bond donors (Lipinski definition) is 2. The minimum absolute atomic E-state index is 0.133. The van der Waals surface area contributed by atoms with Gasteiger partial charge in [0.15, 0.2) is 0 Å². The van der Waals surface area contributed by atoms with Gasteiger partial charge < -0.3 is 9.47 Å². The van der Waals surface area contributed by atoms with E-state index in [-0.39, 0.29) is 17.9 Å². The molecule has 0 radical (unpaired) electrons. The molecule has 34 heavy (non-hydrogen) atoms. The summed E-state index contributed by atoms with van der Waals surface area (Å²) in [5.41, 5.74) is 2.72. The number of pyridine rings is 1. The second-order valence-corrected chi connectivity index (χ2v) is 12.2. The molecule has 7 nitrogen and oxygen atoms in total. The van der Waals surface area contributed by atoms with E-state index in [9.17, 15) is 18.0 Å². The first-order chi connectivity index (χ1) is 16.0. The first kappa shape index (κ1) is 24.8. The summed E-state index contributed by atoms with van der Waals surface area (Å²) in [4.78, 5) is 27.3. The Morgan fingerprint density at radius 3 is 2.44 bits per heavy atom. The van der Waals surface area contributed by atoms with Gasteiger partial charge in [0, 0.05) is 41.7 Å². The Bertz CT molecular complexity index is 1420. The highest BCUT2D eigenvalue weighted by Gasteiger charge is 2.40. The van der Waals surface area contributed by atoms with Gasteiger partial charge >= 0.3 is 0 Å². The number of benzene rings is 2. The van der Waals surface area contributed by atoms with E-state index in [2.05, 4.69) is 17.4 Å². The van der Waals surface area contributed by atoms with Crippen LogP contribution in [0.4, 0.5) is 5.69 Å². The molecule has 1 N–H and O–H groups in total. The molecule has 1 aliphatic rings. The number of thiol groups is 1. The van der Waals surface area contributed by atoms with Crippen molar-refractivity contribution in [1.82, 2.24) is 9.29 Å². The lowest BCUT2D eigenvalue weighted by molar-refractivity contribution is -0.120. The molecule has 1 aliphatic heterocycles. The van der Waals surface area contributed by atoms with Crippen molar-refractivity contribution in [3.63, 3.8) is 0 Å². The second-order valence-electron chi connectivity index (χ2n) is 8.59. The quantitative estimate of drug-likeness (QED) is 0.500. The van der Waals surface area contributed by atoms with Crippen LogP contribution in [0.5, 0.6) is 0 Å². The maximum atomic E-state index is 13.3. The van der Waals surface area contributed by atoms with Gasteiger partial charge in [-0.05, 0) is 55.7 Å². The monoisotopic (exact) mass is 519 g/mol. The number of carbonyl (C=O) groups is 1. The highest BCUT2D eigenvalue weighted by Crippen LogP contribution is 2.38. The third-order valence-corrected chi connectivity index (χ3v) is 8.90. The summed E-state index contributed by atoms with van der Waals surface area (Å²) in [7, 11) is -2.03. The van der Waals surface area contributed by atoms with Crippen LogP contribution in [0, 0.1) is 6.92 Å². The van der Waals surface area contributed by atoms with Gasteiger partial charge in [-0.15, -0.1) is 0 Å². The summed E-state index contributed by atoms with van der Waals surface area (Å²) in [6.07, 6.45) is 0.510. The van der Waals surface area contributed by atoms with E-state index in [1.165, 1.54) is 6.92 Å². The molecule has 3 aromatic rings. The average molecular weight is 520 g/mol. The van der Waals surface area contributed by atoms with E-state index in [1.807, 2.05) is 25.1 Å². The van der Waals surface area contributed by atoms with Crippen LogP contribution in [0.15, 0.2) is 53.3 Å². The maximum Gasteiger partial charge on any atom is 0.251 e. The minimum atomic E-state index is -3.72. The number of rotatable bonds is 5. The Kier molecular flexibility index (Phi) is 6.83. The molecule has 0 bridgehead atoms. The molecule has 0 spiro atoms. The first-order valence-corrected chi connectivity index (χ1v) is 13.3. The number of aryl methyl sites for hydroxylation is 2. The summed E-state index contributed by atoms with van der Waals surface area (Å²) < 4.78 is 28.8. The summed E-state index contributed by atoms with van der Waals surface area (Å²) in [5, 5.41) is 1.44. The van der Waals surface area contributed by atoms with Gasteiger partial charge in [-0.25, -0.2) is 13.1 Å². The summed E-state index contributed by atoms with van der Waals surface area (Å²) >= 11 is 10.2. The van der Waals surface area contributed by atoms with Crippen molar-refractivity contribution < 1.29 is 13.2 Å². The second kappa shape index (κ2) is 9.37. The first-order valence-electron chi connectivity index (χ1n) is 10.9. The van der Waals surface area contributed by atoms with Crippen molar-refractivity contribution in [3.8, 4) is 0 Å². The molecule has 3 atom stereocenters. The number of nitrogens with zero attached hydrogens (tertiary/aromatic N) is 2. The SMILES string of the molecule is Cc1cc(=O)n(C)c2cc(N3C(=O)CC[C@H](NS(=O)(=O)C(C)S)[C@H]3c3ccc(Cl)cc3)ccc12. The number of nitrogens with one attached hydrogen (secondary N) is 1. The summed E-state index contributed by atoms with van der Waals surface area (Å²) in [6.45, 7) is 3.36. The molecule has 2 aromatic carbocycles. The third-order valence-electron chi connectivity index (χ3n) is 6.29. The smallest absolute Gasteiger partial charge is 0.251 e. The predicted molar refractivity (Wildman–Crippen MR) is 139 cm³/mol. The number of carbonyl (C=O) groups excluding carboxylic acids is 1. The van der Waals surface area contributed by atoms with Crippen molar-refractivity contribution in [3.05, 3.63) is 75.0 Å². The number of aromatic nitrogens is 1. The fourth-order valence-corrected chi connectivity index (χ4v) is 5.60. The van der Waals surface area contributed by atoms with Crippen molar-refractivity contribution in [1.29, 1.82) is 0 Å². The Balaban J connectivity index is 1.89. The Morgan fingerprint density at radius 2 is 1.79 bits per heavy atom. The summed E-state index contributed by atoms with van der Waals surface area (Å²) in [6, 6.07) is 12.9. The van der Waals surface area contributed by atoms with Crippen LogP contribution in [0.3, 0.4) is 0 Å². The van der Waals surface area contributed by atoms with E-state index in [1.54, 1.807) is 46.8 Å². The number of sulfonamides is 1.